The molecule has 0 aliphatic carbocycles. The number of hydrogen-bond acceptors (Lipinski definition) is 4. The van der Waals surface area contributed by atoms with Gasteiger partial charge >= 0.3 is 0 Å². The van der Waals surface area contributed by atoms with Gasteiger partial charge in [-0.3, -0.25) is 19.5 Å². The summed E-state index contributed by atoms with van der Waals surface area (Å²) in [5, 5.41) is 7.19. The Balaban J connectivity index is 1.50. The first kappa shape index (κ1) is 16.2. The van der Waals surface area contributed by atoms with Crippen molar-refractivity contribution in [3.63, 3.8) is 0 Å². The molecule has 2 aromatic rings. The molecule has 126 valence electrons. The quantitative estimate of drug-likeness (QED) is 0.901. The predicted molar refractivity (Wildman–Crippen MR) is 89.3 cm³/mol. The molecule has 2 amide bonds. The largest absolute Gasteiger partial charge is 0.352 e. The molecule has 1 aliphatic rings. The Morgan fingerprint density at radius 1 is 1.29 bits per heavy atom. The molecule has 1 aliphatic heterocycles. The van der Waals surface area contributed by atoms with Crippen molar-refractivity contribution in [2.45, 2.75) is 39.3 Å². The van der Waals surface area contributed by atoms with E-state index in [1.807, 2.05) is 29.8 Å². The summed E-state index contributed by atoms with van der Waals surface area (Å²) in [5.74, 6) is 0.667. The second kappa shape index (κ2) is 7.25. The van der Waals surface area contributed by atoms with Gasteiger partial charge in [-0.05, 0) is 25.0 Å². The first-order valence-corrected chi connectivity index (χ1v) is 8.14. The third kappa shape index (κ3) is 3.79. The van der Waals surface area contributed by atoms with Crippen LogP contribution in [0.2, 0.25) is 0 Å². The number of pyridine rings is 1. The van der Waals surface area contributed by atoms with Crippen LogP contribution in [-0.2, 0) is 22.7 Å². The summed E-state index contributed by atoms with van der Waals surface area (Å²) < 4.78 is 1.86. The van der Waals surface area contributed by atoms with Crippen LogP contribution in [0.25, 0.3) is 0 Å². The second-order valence-corrected chi connectivity index (χ2v) is 5.90. The lowest BCUT2D eigenvalue weighted by atomic mass is 10.2. The molecule has 1 N–H and O–H groups in total. The fourth-order valence-electron chi connectivity index (χ4n) is 2.81. The number of nitrogens with zero attached hydrogens (tertiary/aromatic N) is 4. The van der Waals surface area contributed by atoms with E-state index in [1.54, 1.807) is 17.3 Å². The minimum Gasteiger partial charge on any atom is -0.352 e. The maximum atomic E-state index is 12.4. The molecule has 0 radical (unpaired) electrons. The Labute approximate surface area is 140 Å². The first-order valence-electron chi connectivity index (χ1n) is 8.14. The van der Waals surface area contributed by atoms with Gasteiger partial charge in [0.15, 0.2) is 0 Å². The van der Waals surface area contributed by atoms with Gasteiger partial charge in [-0.25, -0.2) is 4.68 Å². The van der Waals surface area contributed by atoms with E-state index in [9.17, 15) is 9.59 Å². The van der Waals surface area contributed by atoms with E-state index < -0.39 is 0 Å². The maximum Gasteiger partial charge on any atom is 0.228 e. The molecule has 2 aromatic heterocycles. The Morgan fingerprint density at radius 2 is 2.17 bits per heavy atom. The molecule has 0 aromatic carbocycles. The second-order valence-electron chi connectivity index (χ2n) is 5.90. The van der Waals surface area contributed by atoms with Crippen molar-refractivity contribution in [3.05, 3.63) is 41.9 Å². The Hall–Kier alpha value is -2.70. The van der Waals surface area contributed by atoms with Gasteiger partial charge < -0.3 is 5.32 Å². The molecule has 0 bridgehead atoms. The van der Waals surface area contributed by atoms with Gasteiger partial charge in [0.25, 0.3) is 0 Å². The van der Waals surface area contributed by atoms with E-state index in [2.05, 4.69) is 15.4 Å². The summed E-state index contributed by atoms with van der Waals surface area (Å²) in [6, 6.07) is 5.64. The minimum atomic E-state index is -0.131. The third-order valence-corrected chi connectivity index (χ3v) is 3.99. The molecule has 0 unspecified atom stereocenters. The average molecular weight is 327 g/mol. The third-order valence-electron chi connectivity index (χ3n) is 3.99. The fraction of sp³-hybridized carbons (Fsp3) is 0.412. The van der Waals surface area contributed by atoms with Crippen LogP contribution in [0.4, 0.5) is 5.82 Å². The highest BCUT2D eigenvalue weighted by Crippen LogP contribution is 2.22. The van der Waals surface area contributed by atoms with Gasteiger partial charge in [-0.2, -0.15) is 5.10 Å². The fourth-order valence-corrected chi connectivity index (χ4v) is 2.81. The zero-order valence-electron chi connectivity index (χ0n) is 13.7. The number of nitrogens with one attached hydrogen (secondary N) is 1. The summed E-state index contributed by atoms with van der Waals surface area (Å²) in [4.78, 5) is 30.1. The number of carbonyl (C=O) groups excluding carboxylic acids is 2. The van der Waals surface area contributed by atoms with Gasteiger partial charge in [-0.1, -0.05) is 6.07 Å². The van der Waals surface area contributed by atoms with Crippen LogP contribution in [0.3, 0.4) is 0 Å². The Bertz CT molecular complexity index is 726. The highest BCUT2D eigenvalue weighted by Gasteiger charge is 2.24. The number of fused-ring (bicyclic) bond motifs is 1. The lowest BCUT2D eigenvalue weighted by Gasteiger charge is -2.27. The maximum absolute atomic E-state index is 12.4. The number of amides is 2. The lowest BCUT2D eigenvalue weighted by molar-refractivity contribution is -0.125. The predicted octanol–water partition coefficient (Wildman–Crippen LogP) is 1.42. The number of hydrogen-bond donors (Lipinski definition) is 1. The molecule has 0 spiro atoms. The molecule has 0 fully saturated rings. The smallest absolute Gasteiger partial charge is 0.228 e. The van der Waals surface area contributed by atoms with Crippen LogP contribution in [-0.4, -0.2) is 33.1 Å². The summed E-state index contributed by atoms with van der Waals surface area (Å²) in [7, 11) is 0. The highest BCUT2D eigenvalue weighted by atomic mass is 16.2. The summed E-state index contributed by atoms with van der Waals surface area (Å²) in [6.07, 6.45) is 4.66. The van der Waals surface area contributed by atoms with Crippen LogP contribution in [0.15, 0.2) is 30.6 Å². The van der Waals surface area contributed by atoms with Crippen molar-refractivity contribution in [3.8, 4) is 0 Å². The normalized spacial score (nSPS) is 13.5. The molecular weight excluding hydrogens is 306 g/mol. The number of carbonyl (C=O) groups is 2. The van der Waals surface area contributed by atoms with Crippen LogP contribution < -0.4 is 10.2 Å². The average Bonchev–Trinajstić information content (AvgIpc) is 2.98. The lowest BCUT2D eigenvalue weighted by Crippen LogP contribution is -2.38. The van der Waals surface area contributed by atoms with E-state index in [0.717, 1.165) is 30.0 Å². The van der Waals surface area contributed by atoms with E-state index in [-0.39, 0.29) is 24.7 Å². The standard InChI is InChI=1S/C17H21N5O2/c1-13-10-16-21(8-3-9-22(16)20-13)17(24)6-5-15(23)19-12-14-4-2-7-18-11-14/h2,4,7,10-11H,3,5-6,8-9,12H2,1H3,(H,19,23). The van der Waals surface area contributed by atoms with Crippen molar-refractivity contribution >= 4 is 17.6 Å². The molecule has 0 saturated heterocycles. The van der Waals surface area contributed by atoms with Gasteiger partial charge in [0.2, 0.25) is 11.8 Å². The van der Waals surface area contributed by atoms with E-state index >= 15 is 0 Å². The van der Waals surface area contributed by atoms with Gasteiger partial charge in [0.05, 0.1) is 5.69 Å². The molecule has 0 atom stereocenters. The number of rotatable bonds is 5. The zero-order chi connectivity index (χ0) is 16.9. The summed E-state index contributed by atoms with van der Waals surface area (Å²) >= 11 is 0. The van der Waals surface area contributed by atoms with Crippen molar-refractivity contribution in [2.24, 2.45) is 0 Å². The molecule has 7 heteroatoms. The molecular formula is C17H21N5O2. The van der Waals surface area contributed by atoms with E-state index in [0.29, 0.717) is 13.1 Å². The SMILES string of the molecule is Cc1cc2n(n1)CCCN2C(=O)CCC(=O)NCc1cccnc1. The molecule has 7 nitrogen and oxygen atoms in total. The number of aryl methyl sites for hydroxylation is 2. The van der Waals surface area contributed by atoms with Crippen LogP contribution in [0.1, 0.15) is 30.5 Å². The van der Waals surface area contributed by atoms with Crippen molar-refractivity contribution in [1.29, 1.82) is 0 Å². The van der Waals surface area contributed by atoms with Gasteiger partial charge in [0, 0.05) is 50.9 Å². The van der Waals surface area contributed by atoms with Crippen LogP contribution in [0, 0.1) is 6.92 Å². The monoisotopic (exact) mass is 327 g/mol. The van der Waals surface area contributed by atoms with Crippen LogP contribution >= 0.6 is 0 Å². The summed E-state index contributed by atoms with van der Waals surface area (Å²) in [6.45, 7) is 3.86. The topological polar surface area (TPSA) is 80.1 Å². The molecule has 24 heavy (non-hydrogen) atoms. The molecule has 3 rings (SSSR count). The molecule has 0 saturated carbocycles. The molecule has 3 heterocycles. The number of anilines is 1. The zero-order valence-corrected chi connectivity index (χ0v) is 13.7. The number of aromatic nitrogens is 3. The summed E-state index contributed by atoms with van der Waals surface area (Å²) in [5.41, 5.74) is 1.84. The first-order chi connectivity index (χ1) is 11.6. The minimum absolute atomic E-state index is 0.0348. The van der Waals surface area contributed by atoms with Crippen molar-refractivity contribution < 1.29 is 9.59 Å². The Morgan fingerprint density at radius 3 is 2.96 bits per heavy atom. The van der Waals surface area contributed by atoms with Gasteiger partial charge in [-0.15, -0.1) is 0 Å². The van der Waals surface area contributed by atoms with Crippen LogP contribution in [0.5, 0.6) is 0 Å². The van der Waals surface area contributed by atoms with E-state index in [1.165, 1.54) is 0 Å². The van der Waals surface area contributed by atoms with Crippen molar-refractivity contribution in [2.75, 3.05) is 11.4 Å². The van der Waals surface area contributed by atoms with E-state index in [4.69, 9.17) is 0 Å². The Kier molecular flexibility index (Phi) is 4.88. The highest BCUT2D eigenvalue weighted by molar-refractivity contribution is 5.95. The van der Waals surface area contributed by atoms with Crippen molar-refractivity contribution in [1.82, 2.24) is 20.1 Å². The van der Waals surface area contributed by atoms with Gasteiger partial charge in [0.1, 0.15) is 5.82 Å².